The van der Waals surface area contributed by atoms with Gasteiger partial charge >= 0.3 is 6.18 Å². The summed E-state index contributed by atoms with van der Waals surface area (Å²) in [6, 6.07) is 12.1. The summed E-state index contributed by atoms with van der Waals surface area (Å²) >= 11 is 1.19. The average molecular weight is 448 g/mol. The predicted octanol–water partition coefficient (Wildman–Crippen LogP) is 5.32. The van der Waals surface area contributed by atoms with Crippen molar-refractivity contribution in [2.75, 3.05) is 0 Å². The standard InChI is InChI=1S/C20H15F3N4O3S/c1-12-3-2-4-15(9-12)28-10-16-25-26-19(29-16)31-11-17-24-18(27-30-17)13-5-7-14(8-6-13)20(21,22)23/h2-9H,10-11H2,1H3. The first kappa shape index (κ1) is 20.9. The second kappa shape index (κ2) is 8.80. The van der Waals surface area contributed by atoms with Gasteiger partial charge in [-0.25, -0.2) is 0 Å². The topological polar surface area (TPSA) is 87.1 Å². The van der Waals surface area contributed by atoms with E-state index in [1.807, 2.05) is 31.2 Å². The van der Waals surface area contributed by atoms with Crippen molar-refractivity contribution in [2.24, 2.45) is 0 Å². The Hall–Kier alpha value is -3.34. The number of nitrogens with zero attached hydrogens (tertiary/aromatic N) is 4. The van der Waals surface area contributed by atoms with Gasteiger partial charge in [-0.3, -0.25) is 0 Å². The lowest BCUT2D eigenvalue weighted by Gasteiger charge is -2.05. The minimum atomic E-state index is -4.40. The fraction of sp³-hybridized carbons (Fsp3) is 0.200. The first-order valence-electron chi connectivity index (χ1n) is 9.02. The van der Waals surface area contributed by atoms with E-state index in [0.29, 0.717) is 22.4 Å². The van der Waals surface area contributed by atoms with E-state index in [2.05, 4.69) is 20.3 Å². The monoisotopic (exact) mass is 448 g/mol. The van der Waals surface area contributed by atoms with Crippen LogP contribution in [0.2, 0.25) is 0 Å². The molecule has 7 nitrogen and oxygen atoms in total. The fourth-order valence-electron chi connectivity index (χ4n) is 2.57. The summed E-state index contributed by atoms with van der Waals surface area (Å²) in [6.45, 7) is 2.10. The second-order valence-electron chi connectivity index (χ2n) is 6.44. The molecule has 0 fully saturated rings. The summed E-state index contributed by atoms with van der Waals surface area (Å²) in [4.78, 5) is 4.18. The summed E-state index contributed by atoms with van der Waals surface area (Å²) in [7, 11) is 0. The van der Waals surface area contributed by atoms with Gasteiger partial charge in [0.25, 0.3) is 11.1 Å². The average Bonchev–Trinajstić information content (AvgIpc) is 3.40. The summed E-state index contributed by atoms with van der Waals surface area (Å²) in [5.41, 5.74) is 0.755. The van der Waals surface area contributed by atoms with Crippen molar-refractivity contribution in [3.8, 4) is 17.1 Å². The van der Waals surface area contributed by atoms with E-state index < -0.39 is 11.7 Å². The van der Waals surface area contributed by atoms with Crippen LogP contribution in [-0.2, 0) is 18.5 Å². The molecule has 0 saturated heterocycles. The van der Waals surface area contributed by atoms with Crippen LogP contribution in [0, 0.1) is 6.92 Å². The maximum absolute atomic E-state index is 12.7. The lowest BCUT2D eigenvalue weighted by molar-refractivity contribution is -0.137. The van der Waals surface area contributed by atoms with Crippen LogP contribution in [0.25, 0.3) is 11.4 Å². The summed E-state index contributed by atoms with van der Waals surface area (Å²) in [6.07, 6.45) is -4.40. The van der Waals surface area contributed by atoms with Crippen LogP contribution in [0.15, 0.2) is 62.7 Å². The first-order chi connectivity index (χ1) is 14.9. The Balaban J connectivity index is 1.32. The van der Waals surface area contributed by atoms with Gasteiger partial charge in [0.1, 0.15) is 5.75 Å². The van der Waals surface area contributed by atoms with Gasteiger partial charge in [-0.05, 0) is 36.8 Å². The van der Waals surface area contributed by atoms with Crippen molar-refractivity contribution >= 4 is 11.8 Å². The molecule has 0 N–H and O–H groups in total. The Bertz CT molecular complexity index is 1160. The van der Waals surface area contributed by atoms with E-state index in [4.69, 9.17) is 13.7 Å². The van der Waals surface area contributed by atoms with Crippen molar-refractivity contribution in [1.29, 1.82) is 0 Å². The summed E-state index contributed by atoms with van der Waals surface area (Å²) in [5.74, 6) is 1.75. The quantitative estimate of drug-likeness (QED) is 0.351. The minimum absolute atomic E-state index is 0.135. The zero-order valence-electron chi connectivity index (χ0n) is 16.1. The third-order valence-electron chi connectivity index (χ3n) is 4.06. The van der Waals surface area contributed by atoms with Crippen LogP contribution in [0.4, 0.5) is 13.2 Å². The van der Waals surface area contributed by atoms with Crippen molar-refractivity contribution < 1.29 is 26.8 Å². The number of benzene rings is 2. The fourth-order valence-corrected chi connectivity index (χ4v) is 3.19. The van der Waals surface area contributed by atoms with Crippen molar-refractivity contribution in [2.45, 2.75) is 30.7 Å². The van der Waals surface area contributed by atoms with Gasteiger partial charge in [-0.2, -0.15) is 18.2 Å². The molecule has 0 atom stereocenters. The Labute approximate surface area is 178 Å². The molecule has 11 heteroatoms. The molecule has 0 spiro atoms. The molecule has 160 valence electrons. The molecule has 31 heavy (non-hydrogen) atoms. The molecule has 0 aliphatic carbocycles. The van der Waals surface area contributed by atoms with E-state index >= 15 is 0 Å². The lowest BCUT2D eigenvalue weighted by atomic mass is 10.1. The highest BCUT2D eigenvalue weighted by Gasteiger charge is 2.30. The van der Waals surface area contributed by atoms with Gasteiger partial charge in [0, 0.05) is 5.56 Å². The van der Waals surface area contributed by atoms with E-state index in [-0.39, 0.29) is 24.1 Å². The highest BCUT2D eigenvalue weighted by molar-refractivity contribution is 7.98. The van der Waals surface area contributed by atoms with Gasteiger partial charge in [0.15, 0.2) is 6.61 Å². The molecular weight excluding hydrogens is 433 g/mol. The van der Waals surface area contributed by atoms with E-state index in [1.54, 1.807) is 0 Å². The highest BCUT2D eigenvalue weighted by Crippen LogP contribution is 2.30. The Morgan fingerprint density at radius 2 is 1.84 bits per heavy atom. The van der Waals surface area contributed by atoms with Crippen molar-refractivity contribution in [3.63, 3.8) is 0 Å². The molecule has 4 rings (SSSR count). The van der Waals surface area contributed by atoms with E-state index in [9.17, 15) is 13.2 Å². The number of thioether (sulfide) groups is 1. The number of ether oxygens (including phenoxy) is 1. The maximum atomic E-state index is 12.7. The van der Waals surface area contributed by atoms with Crippen LogP contribution in [-0.4, -0.2) is 20.3 Å². The van der Waals surface area contributed by atoms with Crippen LogP contribution in [0.3, 0.4) is 0 Å². The molecule has 0 radical (unpaired) electrons. The van der Waals surface area contributed by atoms with Crippen LogP contribution >= 0.6 is 11.8 Å². The SMILES string of the molecule is Cc1cccc(OCc2nnc(SCc3nc(-c4ccc(C(F)(F)F)cc4)no3)o2)c1. The molecule has 0 aliphatic rings. The second-order valence-corrected chi connectivity index (χ2v) is 7.37. The minimum Gasteiger partial charge on any atom is -0.484 e. The zero-order chi connectivity index (χ0) is 21.8. The molecule has 0 bridgehead atoms. The number of hydrogen-bond acceptors (Lipinski definition) is 8. The molecule has 4 aromatic rings. The van der Waals surface area contributed by atoms with Gasteiger partial charge in [-0.15, -0.1) is 10.2 Å². The molecule has 2 aromatic carbocycles. The van der Waals surface area contributed by atoms with Crippen LogP contribution in [0.1, 0.15) is 22.9 Å². The first-order valence-corrected chi connectivity index (χ1v) is 10.0. The van der Waals surface area contributed by atoms with Gasteiger partial charge in [0.05, 0.1) is 11.3 Å². The smallest absolute Gasteiger partial charge is 0.416 e. The highest BCUT2D eigenvalue weighted by atomic mass is 32.2. The van der Waals surface area contributed by atoms with Crippen LogP contribution in [0.5, 0.6) is 5.75 Å². The van der Waals surface area contributed by atoms with Crippen LogP contribution < -0.4 is 4.74 Å². The largest absolute Gasteiger partial charge is 0.484 e. The molecular formula is C20H15F3N4O3S. The van der Waals surface area contributed by atoms with Crippen molar-refractivity contribution in [3.05, 3.63) is 71.4 Å². The van der Waals surface area contributed by atoms with Gasteiger partial charge in [0.2, 0.25) is 11.7 Å². The summed E-state index contributed by atoms with van der Waals surface area (Å²) in [5, 5.41) is 12.0. The molecule has 0 amide bonds. The molecule has 0 saturated carbocycles. The van der Waals surface area contributed by atoms with E-state index in [1.165, 1.54) is 23.9 Å². The number of halogens is 3. The Morgan fingerprint density at radius 3 is 2.58 bits per heavy atom. The summed E-state index contributed by atoms with van der Waals surface area (Å²) < 4.78 is 54.2. The molecule has 0 aliphatic heterocycles. The van der Waals surface area contributed by atoms with E-state index in [0.717, 1.165) is 17.7 Å². The van der Waals surface area contributed by atoms with Gasteiger partial charge < -0.3 is 13.7 Å². The molecule has 2 heterocycles. The number of rotatable bonds is 7. The lowest BCUT2D eigenvalue weighted by Crippen LogP contribution is -2.04. The number of hydrogen-bond donors (Lipinski definition) is 0. The third kappa shape index (κ3) is 5.43. The third-order valence-corrected chi connectivity index (χ3v) is 4.86. The maximum Gasteiger partial charge on any atom is 0.416 e. The molecule has 2 aromatic heterocycles. The zero-order valence-corrected chi connectivity index (χ0v) is 16.9. The number of aryl methyl sites for hydroxylation is 1. The van der Waals surface area contributed by atoms with Crippen molar-refractivity contribution in [1.82, 2.24) is 20.3 Å². The number of alkyl halides is 3. The number of aromatic nitrogens is 4. The Kier molecular flexibility index (Phi) is 5.94. The normalized spacial score (nSPS) is 11.6. The molecule has 0 unspecified atom stereocenters. The predicted molar refractivity (Wildman–Crippen MR) is 104 cm³/mol. The van der Waals surface area contributed by atoms with Gasteiger partial charge in [-0.1, -0.05) is 41.2 Å². The Morgan fingerprint density at radius 1 is 1.03 bits per heavy atom.